The van der Waals surface area contributed by atoms with Crippen LogP contribution in [0.4, 0.5) is 0 Å². The molecule has 0 saturated heterocycles. The number of rotatable bonds is 5. The topological polar surface area (TPSA) is 44.1 Å². The summed E-state index contributed by atoms with van der Waals surface area (Å²) in [7, 11) is 0. The lowest BCUT2D eigenvalue weighted by molar-refractivity contribution is -0.144. The van der Waals surface area contributed by atoms with Crippen molar-refractivity contribution >= 4 is 5.97 Å². The number of carbonyl (C=O) groups is 1. The van der Waals surface area contributed by atoms with E-state index >= 15 is 0 Å². The van der Waals surface area contributed by atoms with E-state index in [9.17, 15) is 4.79 Å². The van der Waals surface area contributed by atoms with Crippen LogP contribution in [-0.2, 0) is 16.0 Å². The van der Waals surface area contributed by atoms with Crippen molar-refractivity contribution in [3.05, 3.63) is 59.4 Å². The predicted molar refractivity (Wildman–Crippen MR) is 94.2 cm³/mol. The third-order valence-corrected chi connectivity index (χ3v) is 4.62. The Balaban J connectivity index is 1.65. The number of aryl methyl sites for hydroxylation is 1. The molecule has 0 amide bonds. The highest BCUT2D eigenvalue weighted by molar-refractivity contribution is 5.73. The van der Waals surface area contributed by atoms with Gasteiger partial charge in [0.1, 0.15) is 0 Å². The number of allylic oxidation sites excluding steroid dienone is 2. The molecule has 0 radical (unpaired) electrons. The molecule has 126 valence electrons. The van der Waals surface area contributed by atoms with Crippen LogP contribution in [0.1, 0.15) is 36.2 Å². The Morgan fingerprint density at radius 1 is 1.25 bits per heavy atom. The average Bonchev–Trinajstić information content (AvgIpc) is 2.90. The van der Waals surface area contributed by atoms with Gasteiger partial charge < -0.3 is 4.74 Å². The Bertz CT molecular complexity index is 732. The number of para-hydroxylation sites is 1. The van der Waals surface area contributed by atoms with E-state index in [1.807, 2.05) is 48.9 Å². The molecule has 0 N–H and O–H groups in total. The maximum absolute atomic E-state index is 12.2. The first-order valence-electron chi connectivity index (χ1n) is 8.56. The van der Waals surface area contributed by atoms with Gasteiger partial charge in [0, 0.05) is 11.3 Å². The molecule has 0 spiro atoms. The Kier molecular flexibility index (Phi) is 5.14. The van der Waals surface area contributed by atoms with Gasteiger partial charge in [-0.05, 0) is 51.2 Å². The lowest BCUT2D eigenvalue weighted by Gasteiger charge is -2.17. The fourth-order valence-electron chi connectivity index (χ4n) is 3.17. The number of hydrogen-bond acceptors (Lipinski definition) is 3. The van der Waals surface area contributed by atoms with Crippen molar-refractivity contribution in [2.45, 2.75) is 39.5 Å². The second kappa shape index (κ2) is 7.47. The summed E-state index contributed by atoms with van der Waals surface area (Å²) in [6, 6.07) is 9.97. The summed E-state index contributed by atoms with van der Waals surface area (Å²) in [6.45, 7) is 4.47. The highest BCUT2D eigenvalue weighted by Crippen LogP contribution is 2.20. The zero-order chi connectivity index (χ0) is 16.9. The summed E-state index contributed by atoms with van der Waals surface area (Å²) in [4.78, 5) is 12.2. The smallest absolute Gasteiger partial charge is 0.310 e. The molecule has 1 aromatic carbocycles. The molecule has 1 heterocycles. The zero-order valence-corrected chi connectivity index (χ0v) is 14.4. The normalized spacial score (nSPS) is 17.0. The van der Waals surface area contributed by atoms with Gasteiger partial charge >= 0.3 is 5.97 Å². The SMILES string of the molecule is Cc1nn(-c2ccccc2)c(C)c1CC(=O)OCC1CC=CCC1. The minimum absolute atomic E-state index is 0.164. The number of benzene rings is 1. The molecular weight excluding hydrogens is 300 g/mol. The molecule has 0 fully saturated rings. The van der Waals surface area contributed by atoms with Gasteiger partial charge in [-0.3, -0.25) is 4.79 Å². The molecule has 1 aromatic heterocycles. The van der Waals surface area contributed by atoms with Crippen LogP contribution in [0.15, 0.2) is 42.5 Å². The van der Waals surface area contributed by atoms with E-state index in [1.54, 1.807) is 0 Å². The molecule has 2 aromatic rings. The van der Waals surface area contributed by atoms with Gasteiger partial charge in [-0.25, -0.2) is 4.68 Å². The molecule has 0 bridgehead atoms. The first kappa shape index (κ1) is 16.5. The van der Waals surface area contributed by atoms with Crippen molar-refractivity contribution in [2.24, 2.45) is 5.92 Å². The summed E-state index contributed by atoms with van der Waals surface area (Å²) in [5, 5.41) is 4.58. The van der Waals surface area contributed by atoms with Crippen molar-refractivity contribution in [2.75, 3.05) is 6.61 Å². The van der Waals surface area contributed by atoms with Crippen molar-refractivity contribution < 1.29 is 9.53 Å². The van der Waals surface area contributed by atoms with Gasteiger partial charge in [0.25, 0.3) is 0 Å². The maximum atomic E-state index is 12.2. The summed E-state index contributed by atoms with van der Waals surface area (Å²) in [5.41, 5.74) is 3.85. The van der Waals surface area contributed by atoms with E-state index in [-0.39, 0.29) is 12.4 Å². The number of carbonyl (C=O) groups excluding carboxylic acids is 1. The number of nitrogens with zero attached hydrogens (tertiary/aromatic N) is 2. The van der Waals surface area contributed by atoms with Crippen molar-refractivity contribution in [3.63, 3.8) is 0 Å². The maximum Gasteiger partial charge on any atom is 0.310 e. The molecule has 3 rings (SSSR count). The first-order valence-corrected chi connectivity index (χ1v) is 8.56. The minimum Gasteiger partial charge on any atom is -0.465 e. The standard InChI is InChI=1S/C20H24N2O2/c1-15-19(13-20(23)24-14-17-9-5-3-6-10-17)16(2)22(21-15)18-11-7-4-8-12-18/h3-5,7-8,11-12,17H,6,9-10,13-14H2,1-2H3. The zero-order valence-electron chi connectivity index (χ0n) is 14.4. The van der Waals surface area contributed by atoms with Crippen LogP contribution in [0.2, 0.25) is 0 Å². The quantitative estimate of drug-likeness (QED) is 0.618. The van der Waals surface area contributed by atoms with Crippen LogP contribution >= 0.6 is 0 Å². The van der Waals surface area contributed by atoms with Gasteiger partial charge in [-0.1, -0.05) is 30.4 Å². The second-order valence-corrected chi connectivity index (χ2v) is 6.41. The molecule has 1 unspecified atom stereocenters. The minimum atomic E-state index is -0.164. The largest absolute Gasteiger partial charge is 0.465 e. The van der Waals surface area contributed by atoms with Gasteiger partial charge in [0.15, 0.2) is 0 Å². The molecule has 1 atom stereocenters. The van der Waals surface area contributed by atoms with Gasteiger partial charge in [-0.15, -0.1) is 0 Å². The summed E-state index contributed by atoms with van der Waals surface area (Å²) in [6.07, 6.45) is 7.87. The second-order valence-electron chi connectivity index (χ2n) is 6.41. The van der Waals surface area contributed by atoms with Gasteiger partial charge in [0.05, 0.1) is 24.4 Å². The van der Waals surface area contributed by atoms with Gasteiger partial charge in [0.2, 0.25) is 0 Å². The molecule has 24 heavy (non-hydrogen) atoms. The average molecular weight is 324 g/mol. The van der Waals surface area contributed by atoms with E-state index in [0.29, 0.717) is 12.5 Å². The number of aromatic nitrogens is 2. The van der Waals surface area contributed by atoms with Crippen LogP contribution in [0.25, 0.3) is 5.69 Å². The van der Waals surface area contributed by atoms with Crippen LogP contribution in [0.3, 0.4) is 0 Å². The van der Waals surface area contributed by atoms with Crippen molar-refractivity contribution in [3.8, 4) is 5.69 Å². The Morgan fingerprint density at radius 2 is 2.04 bits per heavy atom. The number of esters is 1. The van der Waals surface area contributed by atoms with Crippen LogP contribution in [0, 0.1) is 19.8 Å². The predicted octanol–water partition coefficient (Wildman–Crippen LogP) is 3.93. The molecule has 0 saturated carbocycles. The lowest BCUT2D eigenvalue weighted by atomic mass is 9.95. The molecule has 1 aliphatic carbocycles. The molecule has 4 heteroatoms. The summed E-state index contributed by atoms with van der Waals surface area (Å²) in [5.74, 6) is 0.302. The summed E-state index contributed by atoms with van der Waals surface area (Å²) >= 11 is 0. The lowest BCUT2D eigenvalue weighted by Crippen LogP contribution is -2.17. The summed E-state index contributed by atoms with van der Waals surface area (Å²) < 4.78 is 7.39. The Hall–Kier alpha value is -2.36. The Morgan fingerprint density at radius 3 is 2.75 bits per heavy atom. The fraction of sp³-hybridized carbons (Fsp3) is 0.400. The van der Waals surface area contributed by atoms with E-state index in [1.165, 1.54) is 0 Å². The van der Waals surface area contributed by atoms with Crippen LogP contribution in [0.5, 0.6) is 0 Å². The van der Waals surface area contributed by atoms with Crippen molar-refractivity contribution in [1.29, 1.82) is 0 Å². The molecular formula is C20H24N2O2. The number of hydrogen-bond donors (Lipinski definition) is 0. The van der Waals surface area contributed by atoms with Crippen LogP contribution in [-0.4, -0.2) is 22.4 Å². The van der Waals surface area contributed by atoms with E-state index in [4.69, 9.17) is 4.74 Å². The Labute approximate surface area is 143 Å². The van der Waals surface area contributed by atoms with Gasteiger partial charge in [-0.2, -0.15) is 5.10 Å². The first-order chi connectivity index (χ1) is 11.6. The fourth-order valence-corrected chi connectivity index (χ4v) is 3.17. The number of ether oxygens (including phenoxy) is 1. The molecule has 0 aliphatic heterocycles. The molecule has 1 aliphatic rings. The third kappa shape index (κ3) is 3.75. The highest BCUT2D eigenvalue weighted by Gasteiger charge is 2.18. The van der Waals surface area contributed by atoms with E-state index < -0.39 is 0 Å². The molecule has 4 nitrogen and oxygen atoms in total. The third-order valence-electron chi connectivity index (χ3n) is 4.62. The van der Waals surface area contributed by atoms with Crippen LogP contribution < -0.4 is 0 Å². The monoisotopic (exact) mass is 324 g/mol. The van der Waals surface area contributed by atoms with E-state index in [0.717, 1.165) is 41.9 Å². The van der Waals surface area contributed by atoms with E-state index in [2.05, 4.69) is 17.3 Å². The van der Waals surface area contributed by atoms with Crippen molar-refractivity contribution in [1.82, 2.24) is 9.78 Å². The highest BCUT2D eigenvalue weighted by atomic mass is 16.5.